The summed E-state index contributed by atoms with van der Waals surface area (Å²) in [6.07, 6.45) is 0. The van der Waals surface area contributed by atoms with Crippen molar-refractivity contribution in [1.29, 1.82) is 0 Å². The first-order valence-corrected chi connectivity index (χ1v) is 6.48. The predicted octanol–water partition coefficient (Wildman–Crippen LogP) is 3.49. The van der Waals surface area contributed by atoms with Crippen LogP contribution in [-0.4, -0.2) is 16.8 Å². The molecule has 1 aliphatic carbocycles. The van der Waals surface area contributed by atoms with Gasteiger partial charge in [0.2, 0.25) is 0 Å². The summed E-state index contributed by atoms with van der Waals surface area (Å²) >= 11 is 11.3. The fourth-order valence-electron chi connectivity index (χ4n) is 2.27. The van der Waals surface area contributed by atoms with Gasteiger partial charge in [-0.3, -0.25) is 14.4 Å². The Balaban J connectivity index is 2.31. The van der Waals surface area contributed by atoms with E-state index in [1.165, 1.54) is 12.1 Å². The fourth-order valence-corrected chi connectivity index (χ4v) is 2.72. The van der Waals surface area contributed by atoms with E-state index in [2.05, 4.69) is 0 Å². The lowest BCUT2D eigenvalue weighted by Gasteiger charge is -2.18. The highest BCUT2D eigenvalue weighted by Gasteiger charge is 2.30. The summed E-state index contributed by atoms with van der Waals surface area (Å²) in [4.78, 5) is 36.0. The minimum absolute atomic E-state index is 0.0209. The van der Waals surface area contributed by atoms with Crippen molar-refractivity contribution >= 4 is 40.0 Å². The summed E-state index contributed by atoms with van der Waals surface area (Å²) in [5.74, 6) is -0.600. The van der Waals surface area contributed by atoms with Crippen molar-refractivity contribution in [1.82, 2.24) is 0 Å². The zero-order valence-corrected chi connectivity index (χ0v) is 11.5. The lowest BCUT2D eigenvalue weighted by Crippen LogP contribution is -2.21. The van der Waals surface area contributed by atoms with Gasteiger partial charge >= 0.3 is 0 Å². The van der Waals surface area contributed by atoms with Crippen LogP contribution < -0.4 is 0 Å². The largest absolute Gasteiger partial charge is 0.289 e. The van der Waals surface area contributed by atoms with Crippen molar-refractivity contribution < 1.29 is 14.4 Å². The summed E-state index contributed by atoms with van der Waals surface area (Å²) in [5, 5.41) is -0.707. The topological polar surface area (TPSA) is 51.2 Å². The molecule has 3 rings (SSSR count). The SMILES string of the molecule is O=C(Cl)c1cc2c(cc1Cl)C(=O)c1ccccc1C2=O. The second-order valence-electron chi connectivity index (χ2n) is 4.36. The average Bonchev–Trinajstić information content (AvgIpc) is 2.44. The Labute approximate surface area is 124 Å². The van der Waals surface area contributed by atoms with Gasteiger partial charge in [0.05, 0.1) is 10.6 Å². The zero-order chi connectivity index (χ0) is 14.4. The van der Waals surface area contributed by atoms with E-state index in [-0.39, 0.29) is 33.3 Å². The molecule has 2 aromatic carbocycles. The fraction of sp³-hybridized carbons (Fsp3) is 0. The van der Waals surface area contributed by atoms with Gasteiger partial charge in [-0.05, 0) is 23.7 Å². The number of fused-ring (bicyclic) bond motifs is 2. The first-order valence-electron chi connectivity index (χ1n) is 5.72. The van der Waals surface area contributed by atoms with Crippen molar-refractivity contribution in [2.24, 2.45) is 0 Å². The molecule has 0 saturated heterocycles. The summed E-state index contributed by atoms with van der Waals surface area (Å²) in [6, 6.07) is 9.14. The van der Waals surface area contributed by atoms with E-state index in [1.807, 2.05) is 0 Å². The lowest BCUT2D eigenvalue weighted by atomic mass is 9.83. The van der Waals surface area contributed by atoms with Crippen molar-refractivity contribution in [2.45, 2.75) is 0 Å². The van der Waals surface area contributed by atoms with E-state index < -0.39 is 5.24 Å². The van der Waals surface area contributed by atoms with Crippen molar-refractivity contribution in [3.8, 4) is 0 Å². The summed E-state index contributed by atoms with van der Waals surface area (Å²) < 4.78 is 0. The highest BCUT2D eigenvalue weighted by Crippen LogP contribution is 2.31. The number of carbonyl (C=O) groups is 3. The number of hydrogen-bond donors (Lipinski definition) is 0. The summed E-state index contributed by atoms with van der Waals surface area (Å²) in [5.41, 5.74) is 1.03. The Morgan fingerprint density at radius 1 is 0.850 bits per heavy atom. The van der Waals surface area contributed by atoms with Crippen molar-refractivity contribution in [2.75, 3.05) is 0 Å². The minimum atomic E-state index is -0.767. The standard InChI is InChI=1S/C15H6Cl2O3/c16-12-6-10-9(5-11(12)15(17)20)13(18)7-3-1-2-4-8(7)14(10)19/h1-6H. The molecule has 0 N–H and O–H groups in total. The maximum Gasteiger partial charge on any atom is 0.253 e. The normalized spacial score (nSPS) is 12.9. The molecule has 0 atom stereocenters. The molecule has 2 aromatic rings. The van der Waals surface area contributed by atoms with Gasteiger partial charge in [-0.15, -0.1) is 0 Å². The number of halogens is 2. The molecule has 0 heterocycles. The molecule has 1 aliphatic rings. The Morgan fingerprint density at radius 3 is 1.85 bits per heavy atom. The molecule has 98 valence electrons. The number of carbonyl (C=O) groups excluding carboxylic acids is 3. The molecule has 20 heavy (non-hydrogen) atoms. The molecule has 0 spiro atoms. The molecule has 0 unspecified atom stereocenters. The minimum Gasteiger partial charge on any atom is -0.289 e. The van der Waals surface area contributed by atoms with Crippen LogP contribution in [0.15, 0.2) is 36.4 Å². The third-order valence-electron chi connectivity index (χ3n) is 3.22. The van der Waals surface area contributed by atoms with E-state index >= 15 is 0 Å². The van der Waals surface area contributed by atoms with Crippen LogP contribution in [-0.2, 0) is 0 Å². The van der Waals surface area contributed by atoms with Crippen LogP contribution in [0.3, 0.4) is 0 Å². The maximum atomic E-state index is 12.4. The third-order valence-corrected chi connectivity index (χ3v) is 3.74. The van der Waals surface area contributed by atoms with Gasteiger partial charge in [0.15, 0.2) is 11.6 Å². The van der Waals surface area contributed by atoms with Gasteiger partial charge in [-0.25, -0.2) is 0 Å². The zero-order valence-electron chi connectivity index (χ0n) is 9.94. The van der Waals surface area contributed by atoms with Crippen LogP contribution in [0.25, 0.3) is 0 Å². The van der Waals surface area contributed by atoms with Crippen molar-refractivity contribution in [3.63, 3.8) is 0 Å². The molecule has 0 bridgehead atoms. The van der Waals surface area contributed by atoms with Crippen LogP contribution in [0, 0.1) is 0 Å². The average molecular weight is 305 g/mol. The van der Waals surface area contributed by atoms with Gasteiger partial charge in [-0.2, -0.15) is 0 Å². The quantitative estimate of drug-likeness (QED) is 0.647. The van der Waals surface area contributed by atoms with Crippen LogP contribution in [0.2, 0.25) is 5.02 Å². The molecule has 0 radical (unpaired) electrons. The predicted molar refractivity (Wildman–Crippen MR) is 74.9 cm³/mol. The second kappa shape index (κ2) is 4.54. The molecule has 5 heteroatoms. The van der Waals surface area contributed by atoms with E-state index in [9.17, 15) is 14.4 Å². The molecule has 0 saturated carbocycles. The van der Waals surface area contributed by atoms with Crippen molar-refractivity contribution in [3.05, 3.63) is 69.2 Å². The molecule has 0 aromatic heterocycles. The van der Waals surface area contributed by atoms with Gasteiger partial charge < -0.3 is 0 Å². The Bertz CT molecular complexity index is 794. The first-order chi connectivity index (χ1) is 9.50. The monoisotopic (exact) mass is 304 g/mol. The number of hydrogen-bond acceptors (Lipinski definition) is 3. The van der Waals surface area contributed by atoms with Gasteiger partial charge in [-0.1, -0.05) is 35.9 Å². The second-order valence-corrected chi connectivity index (χ2v) is 5.11. The van der Waals surface area contributed by atoms with E-state index in [4.69, 9.17) is 23.2 Å². The highest BCUT2D eigenvalue weighted by molar-refractivity contribution is 6.68. The van der Waals surface area contributed by atoms with Gasteiger partial charge in [0.1, 0.15) is 0 Å². The lowest BCUT2D eigenvalue weighted by molar-refractivity contribution is 0.0978. The first kappa shape index (κ1) is 13.0. The van der Waals surface area contributed by atoms with Crippen LogP contribution in [0.1, 0.15) is 42.2 Å². The third kappa shape index (κ3) is 1.79. The van der Waals surface area contributed by atoms with E-state index in [1.54, 1.807) is 24.3 Å². The number of ketones is 2. The molecular formula is C15H6Cl2O3. The van der Waals surface area contributed by atoms with Gasteiger partial charge in [0, 0.05) is 22.3 Å². The van der Waals surface area contributed by atoms with E-state index in [0.29, 0.717) is 11.1 Å². The Kier molecular flexibility index (Phi) is 2.96. The number of rotatable bonds is 1. The van der Waals surface area contributed by atoms with Gasteiger partial charge in [0.25, 0.3) is 5.24 Å². The summed E-state index contributed by atoms with van der Waals surface area (Å²) in [7, 11) is 0. The molecule has 0 fully saturated rings. The molecular weight excluding hydrogens is 299 g/mol. The van der Waals surface area contributed by atoms with Crippen LogP contribution >= 0.6 is 23.2 Å². The Hall–Kier alpha value is -1.97. The van der Waals surface area contributed by atoms with E-state index in [0.717, 1.165) is 0 Å². The van der Waals surface area contributed by atoms with Crippen LogP contribution in [0.5, 0.6) is 0 Å². The van der Waals surface area contributed by atoms with Crippen LogP contribution in [0.4, 0.5) is 0 Å². The maximum absolute atomic E-state index is 12.4. The smallest absolute Gasteiger partial charge is 0.253 e. The highest BCUT2D eigenvalue weighted by atomic mass is 35.5. The molecule has 3 nitrogen and oxygen atoms in total. The Morgan fingerprint density at radius 2 is 1.35 bits per heavy atom. The summed E-state index contributed by atoms with van der Waals surface area (Å²) in [6.45, 7) is 0. The number of benzene rings is 2. The molecule has 0 amide bonds. The molecule has 0 aliphatic heterocycles.